The second kappa shape index (κ2) is 6.18. The number of benzene rings is 1. The first kappa shape index (κ1) is 14.6. The van der Waals surface area contributed by atoms with E-state index in [2.05, 4.69) is 14.9 Å². The number of anilines is 1. The van der Waals surface area contributed by atoms with E-state index >= 15 is 0 Å². The Balaban J connectivity index is 1.57. The number of carbonyl (C=O) groups is 1. The molecule has 0 spiro atoms. The molecule has 0 saturated heterocycles. The minimum atomic E-state index is -0.489. The highest BCUT2D eigenvalue weighted by Gasteiger charge is 2.25. The third-order valence-corrected chi connectivity index (χ3v) is 4.23. The van der Waals surface area contributed by atoms with Crippen LogP contribution < -0.4 is 5.32 Å². The smallest absolute Gasteiger partial charge is 0.271 e. The number of imidazole rings is 1. The molecule has 0 unspecified atom stereocenters. The van der Waals surface area contributed by atoms with E-state index in [9.17, 15) is 14.9 Å². The lowest BCUT2D eigenvalue weighted by atomic mass is 10.3. The second-order valence-electron chi connectivity index (χ2n) is 4.99. The van der Waals surface area contributed by atoms with E-state index in [0.717, 1.165) is 18.0 Å². The van der Waals surface area contributed by atoms with Crippen molar-refractivity contribution in [2.45, 2.75) is 24.0 Å². The average Bonchev–Trinajstić information content (AvgIpc) is 3.24. The van der Waals surface area contributed by atoms with Crippen molar-refractivity contribution < 1.29 is 9.72 Å². The lowest BCUT2D eigenvalue weighted by molar-refractivity contribution is -0.384. The van der Waals surface area contributed by atoms with Crippen LogP contribution >= 0.6 is 11.8 Å². The number of rotatable bonds is 6. The van der Waals surface area contributed by atoms with Crippen LogP contribution in [0, 0.1) is 10.1 Å². The molecule has 7 nitrogen and oxygen atoms in total. The van der Waals surface area contributed by atoms with Gasteiger partial charge < -0.3 is 9.88 Å². The Morgan fingerprint density at radius 1 is 1.50 bits per heavy atom. The minimum absolute atomic E-state index is 0.0465. The van der Waals surface area contributed by atoms with E-state index in [1.165, 1.54) is 23.9 Å². The van der Waals surface area contributed by atoms with E-state index in [4.69, 9.17) is 0 Å². The summed E-state index contributed by atoms with van der Waals surface area (Å²) in [6, 6.07) is 6.41. The summed E-state index contributed by atoms with van der Waals surface area (Å²) >= 11 is 1.37. The van der Waals surface area contributed by atoms with Crippen LogP contribution in [-0.2, 0) is 4.79 Å². The SMILES string of the molecule is O=C(CSc1nccn1C1CC1)Nc1cccc([N+](=O)[O-])c1. The number of nitro benzene ring substituents is 1. The van der Waals surface area contributed by atoms with Crippen molar-refractivity contribution >= 4 is 29.0 Å². The van der Waals surface area contributed by atoms with Crippen LogP contribution in [0.3, 0.4) is 0 Å². The largest absolute Gasteiger partial charge is 0.325 e. The summed E-state index contributed by atoms with van der Waals surface area (Å²) in [6.45, 7) is 0. The Morgan fingerprint density at radius 3 is 3.05 bits per heavy atom. The molecule has 1 aromatic carbocycles. The standard InChI is InChI=1S/C14H14N4O3S/c19-13(16-10-2-1-3-12(8-10)18(20)21)9-22-14-15-6-7-17(14)11-4-5-11/h1-3,6-8,11H,4-5,9H2,(H,16,19). The summed E-state index contributed by atoms with van der Waals surface area (Å²) in [5.74, 6) is 0.00253. The molecule has 1 amide bonds. The summed E-state index contributed by atoms with van der Waals surface area (Å²) in [6.07, 6.45) is 5.98. The number of nitro groups is 1. The molecule has 0 aliphatic heterocycles. The van der Waals surface area contributed by atoms with Gasteiger partial charge in [-0.25, -0.2) is 4.98 Å². The molecule has 3 rings (SSSR count). The Morgan fingerprint density at radius 2 is 2.32 bits per heavy atom. The molecule has 0 bridgehead atoms. The predicted octanol–water partition coefficient (Wildman–Crippen LogP) is 2.86. The van der Waals surface area contributed by atoms with E-state index in [1.807, 2.05) is 6.20 Å². The molecule has 8 heteroatoms. The van der Waals surface area contributed by atoms with Crippen molar-refractivity contribution in [3.8, 4) is 0 Å². The number of amides is 1. The number of nitrogens with zero attached hydrogens (tertiary/aromatic N) is 3. The fraction of sp³-hybridized carbons (Fsp3) is 0.286. The molecule has 1 heterocycles. The maximum Gasteiger partial charge on any atom is 0.271 e. The van der Waals surface area contributed by atoms with E-state index in [-0.39, 0.29) is 17.3 Å². The van der Waals surface area contributed by atoms with E-state index < -0.39 is 4.92 Å². The molecule has 1 aromatic heterocycles. The number of hydrogen-bond acceptors (Lipinski definition) is 5. The Labute approximate surface area is 130 Å². The van der Waals surface area contributed by atoms with Crippen LogP contribution in [-0.4, -0.2) is 26.1 Å². The van der Waals surface area contributed by atoms with Crippen LogP contribution in [0.25, 0.3) is 0 Å². The zero-order chi connectivity index (χ0) is 15.5. The first-order valence-corrected chi connectivity index (χ1v) is 7.82. The summed E-state index contributed by atoms with van der Waals surface area (Å²) in [5.41, 5.74) is 0.375. The number of nitrogens with one attached hydrogen (secondary N) is 1. The number of non-ortho nitro benzene ring substituents is 1. The van der Waals surface area contributed by atoms with Gasteiger partial charge in [0.1, 0.15) is 0 Å². The van der Waals surface area contributed by atoms with Gasteiger partial charge in [-0.05, 0) is 18.9 Å². The molecule has 114 valence electrons. The van der Waals surface area contributed by atoms with Crippen molar-refractivity contribution in [3.63, 3.8) is 0 Å². The summed E-state index contributed by atoms with van der Waals surface area (Å²) in [4.78, 5) is 26.4. The first-order chi connectivity index (χ1) is 10.6. The van der Waals surface area contributed by atoms with Gasteiger partial charge in [-0.3, -0.25) is 14.9 Å². The topological polar surface area (TPSA) is 90.1 Å². The molecule has 22 heavy (non-hydrogen) atoms. The van der Waals surface area contributed by atoms with Gasteiger partial charge in [0.2, 0.25) is 5.91 Å². The highest BCUT2D eigenvalue weighted by Crippen LogP contribution is 2.37. The van der Waals surface area contributed by atoms with Gasteiger partial charge in [0.05, 0.1) is 10.7 Å². The average molecular weight is 318 g/mol. The summed E-state index contributed by atoms with van der Waals surface area (Å²) in [7, 11) is 0. The van der Waals surface area contributed by atoms with Crippen molar-refractivity contribution in [3.05, 3.63) is 46.8 Å². The van der Waals surface area contributed by atoms with Crippen molar-refractivity contribution in [1.82, 2.24) is 9.55 Å². The van der Waals surface area contributed by atoms with Gasteiger partial charge in [0.15, 0.2) is 5.16 Å². The third kappa shape index (κ3) is 3.45. The molecule has 2 aromatic rings. The molecule has 1 saturated carbocycles. The number of hydrogen-bond donors (Lipinski definition) is 1. The maximum absolute atomic E-state index is 11.9. The van der Waals surface area contributed by atoms with E-state index in [0.29, 0.717) is 11.7 Å². The van der Waals surface area contributed by atoms with Gasteiger partial charge in [-0.15, -0.1) is 0 Å². The van der Waals surface area contributed by atoms with Gasteiger partial charge in [-0.1, -0.05) is 17.8 Å². The van der Waals surface area contributed by atoms with Gasteiger partial charge in [0.25, 0.3) is 5.69 Å². The predicted molar refractivity (Wildman–Crippen MR) is 82.9 cm³/mol. The highest BCUT2D eigenvalue weighted by molar-refractivity contribution is 7.99. The highest BCUT2D eigenvalue weighted by atomic mass is 32.2. The second-order valence-corrected chi connectivity index (χ2v) is 5.94. The van der Waals surface area contributed by atoms with Crippen molar-refractivity contribution in [2.24, 2.45) is 0 Å². The lowest BCUT2D eigenvalue weighted by Gasteiger charge is -2.06. The minimum Gasteiger partial charge on any atom is -0.325 e. The summed E-state index contributed by atoms with van der Waals surface area (Å²) < 4.78 is 2.09. The van der Waals surface area contributed by atoms with Crippen LogP contribution in [0.15, 0.2) is 41.8 Å². The molecule has 0 atom stereocenters. The summed E-state index contributed by atoms with van der Waals surface area (Å²) in [5, 5.41) is 14.2. The van der Waals surface area contributed by atoms with Crippen LogP contribution in [0.2, 0.25) is 0 Å². The normalized spacial score (nSPS) is 13.8. The maximum atomic E-state index is 11.9. The lowest BCUT2D eigenvalue weighted by Crippen LogP contribution is -2.14. The zero-order valence-corrected chi connectivity index (χ0v) is 12.5. The number of thioether (sulfide) groups is 1. The van der Waals surface area contributed by atoms with Gasteiger partial charge in [0, 0.05) is 36.3 Å². The first-order valence-electron chi connectivity index (χ1n) is 6.83. The van der Waals surface area contributed by atoms with Crippen LogP contribution in [0.4, 0.5) is 11.4 Å². The molecule has 1 aliphatic carbocycles. The third-order valence-electron chi connectivity index (χ3n) is 3.25. The molecule has 1 fully saturated rings. The molecule has 0 radical (unpaired) electrons. The van der Waals surface area contributed by atoms with Crippen LogP contribution in [0.1, 0.15) is 18.9 Å². The quantitative estimate of drug-likeness (QED) is 0.502. The Bertz CT molecular complexity index is 712. The number of aromatic nitrogens is 2. The van der Waals surface area contributed by atoms with E-state index in [1.54, 1.807) is 18.3 Å². The van der Waals surface area contributed by atoms with Crippen molar-refractivity contribution in [2.75, 3.05) is 11.1 Å². The number of carbonyl (C=O) groups excluding carboxylic acids is 1. The Kier molecular flexibility index (Phi) is 4.10. The Hall–Kier alpha value is -2.35. The molecule has 1 aliphatic rings. The zero-order valence-electron chi connectivity index (χ0n) is 11.6. The van der Waals surface area contributed by atoms with Gasteiger partial charge >= 0.3 is 0 Å². The molecular formula is C14H14N4O3S. The molecule has 1 N–H and O–H groups in total. The van der Waals surface area contributed by atoms with Gasteiger partial charge in [-0.2, -0.15) is 0 Å². The van der Waals surface area contributed by atoms with Crippen LogP contribution in [0.5, 0.6) is 0 Å². The van der Waals surface area contributed by atoms with Crippen molar-refractivity contribution in [1.29, 1.82) is 0 Å². The fourth-order valence-corrected chi connectivity index (χ4v) is 2.89. The molecular weight excluding hydrogens is 304 g/mol. The fourth-order valence-electron chi connectivity index (χ4n) is 2.07. The monoisotopic (exact) mass is 318 g/mol.